The van der Waals surface area contributed by atoms with Gasteiger partial charge in [0.2, 0.25) is 0 Å². The summed E-state index contributed by atoms with van der Waals surface area (Å²) in [4.78, 5) is 27.3. The summed E-state index contributed by atoms with van der Waals surface area (Å²) in [6, 6.07) is 4.41. The van der Waals surface area contributed by atoms with E-state index in [0.717, 1.165) is 10.4 Å². The van der Waals surface area contributed by atoms with Gasteiger partial charge in [0.15, 0.2) is 0 Å². The van der Waals surface area contributed by atoms with Crippen molar-refractivity contribution in [2.45, 2.75) is 26.1 Å². The number of rotatable bonds is 2. The van der Waals surface area contributed by atoms with Crippen LogP contribution in [0.5, 0.6) is 0 Å². The standard InChI is InChI=1S/C18H17ClFN3O3S/c1-2-26-18(25)23-7-6-9-12(8-23)27-17-13(9)16(24)21-15(22-17)14-10(19)4-3-5-11(14)20/h3-5,15,22H,2,6-8H2,1H3,(H,21,24)/t15-/m0/s1. The highest BCUT2D eigenvalue weighted by Gasteiger charge is 2.35. The Morgan fingerprint density at radius 1 is 1.44 bits per heavy atom. The van der Waals surface area contributed by atoms with Crippen LogP contribution in [0.25, 0.3) is 0 Å². The number of thiophene rings is 1. The van der Waals surface area contributed by atoms with Gasteiger partial charge in [-0.25, -0.2) is 9.18 Å². The smallest absolute Gasteiger partial charge is 0.410 e. The van der Waals surface area contributed by atoms with E-state index in [0.29, 0.717) is 36.7 Å². The number of fused-ring (bicyclic) bond motifs is 3. The third-order valence-electron chi connectivity index (χ3n) is 4.65. The molecule has 2 aliphatic heterocycles. The molecule has 0 unspecified atom stereocenters. The Labute approximate surface area is 164 Å². The highest BCUT2D eigenvalue weighted by molar-refractivity contribution is 7.16. The molecule has 0 radical (unpaired) electrons. The Bertz CT molecular complexity index is 913. The molecule has 0 saturated carbocycles. The second-order valence-corrected chi connectivity index (χ2v) is 7.78. The molecule has 0 aliphatic carbocycles. The highest BCUT2D eigenvalue weighted by atomic mass is 35.5. The largest absolute Gasteiger partial charge is 0.450 e. The van der Waals surface area contributed by atoms with Crippen molar-refractivity contribution in [2.75, 3.05) is 18.5 Å². The molecule has 4 rings (SSSR count). The lowest BCUT2D eigenvalue weighted by Crippen LogP contribution is -2.40. The first-order valence-electron chi connectivity index (χ1n) is 8.57. The van der Waals surface area contributed by atoms with Gasteiger partial charge in [-0.2, -0.15) is 0 Å². The number of carbonyl (C=O) groups excluding carboxylic acids is 2. The van der Waals surface area contributed by atoms with Crippen molar-refractivity contribution < 1.29 is 18.7 Å². The molecule has 2 aromatic rings. The normalized spacial score (nSPS) is 18.3. The molecule has 27 heavy (non-hydrogen) atoms. The van der Waals surface area contributed by atoms with Gasteiger partial charge in [0.05, 0.1) is 23.7 Å². The molecule has 3 heterocycles. The van der Waals surface area contributed by atoms with Crippen molar-refractivity contribution in [2.24, 2.45) is 0 Å². The molecular weight excluding hydrogens is 393 g/mol. The molecule has 2 amide bonds. The number of carbonyl (C=O) groups is 2. The molecule has 142 valence electrons. The Morgan fingerprint density at radius 3 is 3.00 bits per heavy atom. The predicted octanol–water partition coefficient (Wildman–Crippen LogP) is 3.91. The van der Waals surface area contributed by atoms with Crippen molar-refractivity contribution in [3.8, 4) is 0 Å². The number of nitrogens with one attached hydrogen (secondary N) is 2. The van der Waals surface area contributed by atoms with E-state index in [-0.39, 0.29) is 22.6 Å². The van der Waals surface area contributed by atoms with Crippen LogP contribution in [-0.2, 0) is 17.7 Å². The van der Waals surface area contributed by atoms with Crippen LogP contribution in [0.4, 0.5) is 14.2 Å². The van der Waals surface area contributed by atoms with Gasteiger partial charge in [-0.05, 0) is 31.0 Å². The summed E-state index contributed by atoms with van der Waals surface area (Å²) in [5, 5.41) is 6.87. The van der Waals surface area contributed by atoms with Crippen molar-refractivity contribution in [3.63, 3.8) is 0 Å². The van der Waals surface area contributed by atoms with Crippen LogP contribution >= 0.6 is 22.9 Å². The average molecular weight is 410 g/mol. The second-order valence-electron chi connectivity index (χ2n) is 6.26. The van der Waals surface area contributed by atoms with Crippen LogP contribution in [0.1, 0.15) is 39.5 Å². The molecule has 1 aromatic carbocycles. The van der Waals surface area contributed by atoms with E-state index in [1.54, 1.807) is 17.9 Å². The molecule has 0 saturated heterocycles. The topological polar surface area (TPSA) is 70.7 Å². The SMILES string of the molecule is CCOC(=O)N1CCc2c(sc3c2C(=O)N[C@H](c2c(F)cccc2Cl)N3)C1. The highest BCUT2D eigenvalue weighted by Crippen LogP contribution is 2.41. The number of halogens is 2. The summed E-state index contributed by atoms with van der Waals surface area (Å²) < 4.78 is 19.3. The number of hydrogen-bond acceptors (Lipinski definition) is 5. The molecule has 6 nitrogen and oxygen atoms in total. The van der Waals surface area contributed by atoms with Crippen molar-refractivity contribution in [1.82, 2.24) is 10.2 Å². The van der Waals surface area contributed by atoms with Crippen molar-refractivity contribution in [1.29, 1.82) is 0 Å². The molecule has 2 aliphatic rings. The predicted molar refractivity (Wildman–Crippen MR) is 101 cm³/mol. The van der Waals surface area contributed by atoms with Gasteiger partial charge in [-0.3, -0.25) is 4.79 Å². The van der Waals surface area contributed by atoms with E-state index in [1.807, 2.05) is 0 Å². The van der Waals surface area contributed by atoms with Gasteiger partial charge < -0.3 is 20.3 Å². The molecule has 1 aromatic heterocycles. The minimum atomic E-state index is -0.750. The first-order valence-corrected chi connectivity index (χ1v) is 9.76. The zero-order valence-electron chi connectivity index (χ0n) is 14.5. The van der Waals surface area contributed by atoms with E-state index < -0.39 is 12.0 Å². The van der Waals surface area contributed by atoms with Gasteiger partial charge in [0.1, 0.15) is 17.0 Å². The van der Waals surface area contributed by atoms with E-state index in [4.69, 9.17) is 16.3 Å². The van der Waals surface area contributed by atoms with E-state index in [1.165, 1.54) is 23.5 Å². The molecule has 0 fully saturated rings. The van der Waals surface area contributed by atoms with Gasteiger partial charge in [0, 0.05) is 17.0 Å². The number of benzene rings is 1. The maximum atomic E-state index is 14.2. The van der Waals surface area contributed by atoms with Crippen LogP contribution in [0.2, 0.25) is 5.02 Å². The molecular formula is C18H17ClFN3O3S. The van der Waals surface area contributed by atoms with E-state index in [9.17, 15) is 14.0 Å². The first-order chi connectivity index (χ1) is 13.0. The zero-order chi connectivity index (χ0) is 19.1. The third-order valence-corrected chi connectivity index (χ3v) is 6.13. The maximum absolute atomic E-state index is 14.2. The number of hydrogen-bond donors (Lipinski definition) is 2. The van der Waals surface area contributed by atoms with Crippen molar-refractivity contribution in [3.05, 3.63) is 50.6 Å². The molecule has 2 N–H and O–H groups in total. The first kappa shape index (κ1) is 18.1. The van der Waals surface area contributed by atoms with Crippen LogP contribution < -0.4 is 10.6 Å². The van der Waals surface area contributed by atoms with Crippen molar-refractivity contribution >= 4 is 39.9 Å². The van der Waals surface area contributed by atoms with Crippen LogP contribution in [0.15, 0.2) is 18.2 Å². The van der Waals surface area contributed by atoms with Crippen LogP contribution in [0, 0.1) is 5.82 Å². The van der Waals surface area contributed by atoms with Gasteiger partial charge in [-0.15, -0.1) is 11.3 Å². The van der Waals surface area contributed by atoms with Gasteiger partial charge in [0.25, 0.3) is 5.91 Å². The lowest BCUT2D eigenvalue weighted by Gasteiger charge is -2.28. The third kappa shape index (κ3) is 3.12. The lowest BCUT2D eigenvalue weighted by molar-refractivity contribution is 0.0933. The van der Waals surface area contributed by atoms with E-state index in [2.05, 4.69) is 10.6 Å². The fourth-order valence-corrected chi connectivity index (χ4v) is 4.98. The fourth-order valence-electron chi connectivity index (χ4n) is 3.42. The second kappa shape index (κ2) is 7.01. The summed E-state index contributed by atoms with van der Waals surface area (Å²) >= 11 is 7.54. The summed E-state index contributed by atoms with van der Waals surface area (Å²) in [6.07, 6.45) is -0.539. The average Bonchev–Trinajstić information content (AvgIpc) is 2.99. The van der Waals surface area contributed by atoms with Gasteiger partial charge in [-0.1, -0.05) is 17.7 Å². The van der Waals surface area contributed by atoms with Gasteiger partial charge >= 0.3 is 6.09 Å². The monoisotopic (exact) mass is 409 g/mol. The Hall–Kier alpha value is -2.32. The quantitative estimate of drug-likeness (QED) is 0.789. The zero-order valence-corrected chi connectivity index (χ0v) is 16.0. The number of ether oxygens (including phenoxy) is 1. The fraction of sp³-hybridized carbons (Fsp3) is 0.333. The molecule has 0 spiro atoms. The summed E-state index contributed by atoms with van der Waals surface area (Å²) in [5.41, 5.74) is 1.71. The Morgan fingerprint density at radius 2 is 2.26 bits per heavy atom. The number of nitrogens with zero attached hydrogens (tertiary/aromatic N) is 1. The molecule has 1 atom stereocenters. The summed E-state index contributed by atoms with van der Waals surface area (Å²) in [5.74, 6) is -0.756. The minimum Gasteiger partial charge on any atom is -0.450 e. The maximum Gasteiger partial charge on any atom is 0.410 e. The number of anilines is 1. The molecule has 9 heteroatoms. The Balaban J connectivity index is 1.64. The molecule has 0 bridgehead atoms. The lowest BCUT2D eigenvalue weighted by atomic mass is 10.0. The minimum absolute atomic E-state index is 0.206. The van der Waals surface area contributed by atoms with Crippen LogP contribution in [-0.4, -0.2) is 30.1 Å². The Kier molecular flexibility index (Phi) is 4.69. The summed E-state index contributed by atoms with van der Waals surface area (Å²) in [6.45, 7) is 2.97. The van der Waals surface area contributed by atoms with E-state index >= 15 is 0 Å². The van der Waals surface area contributed by atoms with Crippen LogP contribution in [0.3, 0.4) is 0 Å². The number of amides is 2. The summed E-state index contributed by atoms with van der Waals surface area (Å²) in [7, 11) is 0.